The zero-order valence-corrected chi connectivity index (χ0v) is 9.66. The maximum atomic E-state index is 12.9. The molecule has 18 heavy (non-hydrogen) atoms. The van der Waals surface area contributed by atoms with Gasteiger partial charge in [-0.3, -0.25) is 4.79 Å². The highest BCUT2D eigenvalue weighted by molar-refractivity contribution is 5.78. The number of amides is 1. The molecule has 0 heterocycles. The normalized spacial score (nSPS) is 26.6. The van der Waals surface area contributed by atoms with Gasteiger partial charge in [-0.1, -0.05) is 17.2 Å². The van der Waals surface area contributed by atoms with Crippen molar-refractivity contribution in [1.29, 1.82) is 0 Å². The zero-order valence-electron chi connectivity index (χ0n) is 9.66. The van der Waals surface area contributed by atoms with Crippen LogP contribution in [0.4, 0.5) is 4.39 Å². The van der Waals surface area contributed by atoms with Crippen LogP contribution < -0.4 is 5.73 Å². The van der Waals surface area contributed by atoms with Gasteiger partial charge in [-0.15, -0.1) is 0 Å². The number of carbonyl (C=O) groups excluding carboxylic acids is 1. The van der Waals surface area contributed by atoms with Gasteiger partial charge in [0.1, 0.15) is 5.82 Å². The lowest BCUT2D eigenvalue weighted by atomic mass is 9.86. The van der Waals surface area contributed by atoms with Gasteiger partial charge in [0.15, 0.2) is 0 Å². The maximum absolute atomic E-state index is 12.9. The van der Waals surface area contributed by atoms with Crippen LogP contribution in [0.5, 0.6) is 0 Å². The second-order valence-electron chi connectivity index (χ2n) is 4.44. The van der Waals surface area contributed by atoms with E-state index < -0.39 is 5.91 Å². The summed E-state index contributed by atoms with van der Waals surface area (Å²) in [4.78, 5) is 14.2. The second-order valence-corrected chi connectivity index (χ2v) is 4.44. The van der Waals surface area contributed by atoms with Gasteiger partial charge < -0.3 is 5.73 Å². The molecule has 3 atom stereocenters. The molecule has 2 rings (SSSR count). The molecule has 1 aliphatic carbocycles. The van der Waals surface area contributed by atoms with Crippen molar-refractivity contribution < 1.29 is 9.18 Å². The molecule has 0 saturated heterocycles. The number of rotatable bonds is 3. The first-order valence-electron chi connectivity index (χ1n) is 5.72. The van der Waals surface area contributed by atoms with Crippen LogP contribution in [0.1, 0.15) is 24.3 Å². The fraction of sp³-hybridized carbons (Fsp3) is 0.417. The van der Waals surface area contributed by atoms with E-state index >= 15 is 0 Å². The highest BCUT2D eigenvalue weighted by Crippen LogP contribution is 2.41. The van der Waals surface area contributed by atoms with Crippen LogP contribution in [0.25, 0.3) is 10.4 Å². The van der Waals surface area contributed by atoms with Crippen molar-refractivity contribution in [2.45, 2.75) is 24.8 Å². The monoisotopic (exact) mass is 248 g/mol. The van der Waals surface area contributed by atoms with E-state index in [0.717, 1.165) is 5.56 Å². The Labute approximate surface area is 103 Å². The third-order valence-corrected chi connectivity index (χ3v) is 3.44. The number of nitrogens with zero attached hydrogens (tertiary/aromatic N) is 3. The molecule has 1 aliphatic rings. The lowest BCUT2D eigenvalue weighted by Gasteiger charge is -2.20. The highest BCUT2D eigenvalue weighted by Gasteiger charge is 2.39. The molecule has 1 aromatic rings. The first kappa shape index (κ1) is 12.4. The van der Waals surface area contributed by atoms with E-state index in [0.29, 0.717) is 12.8 Å². The van der Waals surface area contributed by atoms with Gasteiger partial charge >= 0.3 is 0 Å². The van der Waals surface area contributed by atoms with Crippen molar-refractivity contribution in [3.8, 4) is 0 Å². The topological polar surface area (TPSA) is 91.8 Å². The Kier molecular flexibility index (Phi) is 3.48. The van der Waals surface area contributed by atoms with E-state index in [9.17, 15) is 9.18 Å². The zero-order chi connectivity index (χ0) is 13.1. The predicted molar refractivity (Wildman–Crippen MR) is 64.0 cm³/mol. The molecule has 0 unspecified atom stereocenters. The Morgan fingerprint density at radius 2 is 2.06 bits per heavy atom. The van der Waals surface area contributed by atoms with Gasteiger partial charge in [0.25, 0.3) is 0 Å². The molecule has 2 N–H and O–H groups in total. The molecule has 0 aliphatic heterocycles. The first-order valence-corrected chi connectivity index (χ1v) is 5.72. The highest BCUT2D eigenvalue weighted by atomic mass is 19.1. The number of benzene rings is 1. The van der Waals surface area contributed by atoms with E-state index in [-0.39, 0.29) is 23.7 Å². The molecule has 6 heteroatoms. The van der Waals surface area contributed by atoms with E-state index in [4.69, 9.17) is 11.3 Å². The number of hydrogen-bond acceptors (Lipinski definition) is 2. The second kappa shape index (κ2) is 5.06. The number of halogens is 1. The summed E-state index contributed by atoms with van der Waals surface area (Å²) in [6.45, 7) is 0. The number of nitrogens with two attached hydrogens (primary N) is 1. The van der Waals surface area contributed by atoms with E-state index in [1.165, 1.54) is 12.1 Å². The SMILES string of the molecule is [N-]=[N+]=N[C@H]1CC[C@H](C(N)=O)[C@H]1c1ccc(F)cc1. The largest absolute Gasteiger partial charge is 0.369 e. The molecule has 1 fully saturated rings. The molecule has 0 bridgehead atoms. The van der Waals surface area contributed by atoms with Crippen LogP contribution in [0, 0.1) is 11.7 Å². The summed E-state index contributed by atoms with van der Waals surface area (Å²) in [7, 11) is 0. The minimum absolute atomic E-state index is 0.251. The van der Waals surface area contributed by atoms with E-state index in [1.807, 2.05) is 0 Å². The summed E-state index contributed by atoms with van der Waals surface area (Å²) in [6, 6.07) is 5.60. The van der Waals surface area contributed by atoms with Crippen molar-refractivity contribution in [1.82, 2.24) is 0 Å². The fourth-order valence-electron chi connectivity index (χ4n) is 2.63. The van der Waals surface area contributed by atoms with Gasteiger partial charge in [0, 0.05) is 22.8 Å². The minimum atomic E-state index is -0.403. The quantitative estimate of drug-likeness (QED) is 0.496. The van der Waals surface area contributed by atoms with Gasteiger partial charge in [-0.05, 0) is 36.1 Å². The van der Waals surface area contributed by atoms with Crippen LogP contribution in [0.2, 0.25) is 0 Å². The molecule has 0 aromatic heterocycles. The Morgan fingerprint density at radius 3 is 2.61 bits per heavy atom. The fourth-order valence-corrected chi connectivity index (χ4v) is 2.63. The molecule has 5 nitrogen and oxygen atoms in total. The minimum Gasteiger partial charge on any atom is -0.369 e. The smallest absolute Gasteiger partial charge is 0.221 e. The average Bonchev–Trinajstić information content (AvgIpc) is 2.75. The van der Waals surface area contributed by atoms with Crippen LogP contribution >= 0.6 is 0 Å². The predicted octanol–water partition coefficient (Wildman–Crippen LogP) is 2.48. The van der Waals surface area contributed by atoms with Crippen LogP contribution in [-0.2, 0) is 4.79 Å². The summed E-state index contributed by atoms with van der Waals surface area (Å²) in [5.41, 5.74) is 14.7. The molecule has 1 amide bonds. The average molecular weight is 248 g/mol. The van der Waals surface area contributed by atoms with Crippen LogP contribution in [0.15, 0.2) is 29.4 Å². The Balaban J connectivity index is 2.36. The summed E-state index contributed by atoms with van der Waals surface area (Å²) < 4.78 is 12.9. The molecule has 0 radical (unpaired) electrons. The summed E-state index contributed by atoms with van der Waals surface area (Å²) in [5, 5.41) is 3.72. The Bertz CT molecular complexity index is 485. The number of primary amides is 1. The number of hydrogen-bond donors (Lipinski definition) is 1. The lowest BCUT2D eigenvalue weighted by Crippen LogP contribution is -2.28. The van der Waals surface area contributed by atoms with Crippen molar-refractivity contribution >= 4 is 5.91 Å². The first-order chi connectivity index (χ1) is 8.63. The van der Waals surface area contributed by atoms with Crippen molar-refractivity contribution in [3.63, 3.8) is 0 Å². The number of carbonyl (C=O) groups is 1. The molecule has 0 spiro atoms. The van der Waals surface area contributed by atoms with Crippen molar-refractivity contribution in [3.05, 3.63) is 46.1 Å². The summed E-state index contributed by atoms with van der Waals surface area (Å²) in [6.07, 6.45) is 1.22. The molecule has 1 aromatic carbocycles. The van der Waals surface area contributed by atoms with Crippen LogP contribution in [0.3, 0.4) is 0 Å². The van der Waals surface area contributed by atoms with Gasteiger partial charge in [-0.2, -0.15) is 0 Å². The third-order valence-electron chi connectivity index (χ3n) is 3.44. The van der Waals surface area contributed by atoms with Crippen molar-refractivity contribution in [2.75, 3.05) is 0 Å². The third kappa shape index (κ3) is 2.28. The Morgan fingerprint density at radius 1 is 1.39 bits per heavy atom. The van der Waals surface area contributed by atoms with Crippen LogP contribution in [-0.4, -0.2) is 11.9 Å². The molecule has 1 saturated carbocycles. The molecule has 94 valence electrons. The lowest BCUT2D eigenvalue weighted by molar-refractivity contribution is -0.122. The van der Waals surface area contributed by atoms with E-state index in [2.05, 4.69) is 10.0 Å². The Hall–Kier alpha value is -2.07. The summed E-state index contributed by atoms with van der Waals surface area (Å²) >= 11 is 0. The van der Waals surface area contributed by atoms with Gasteiger partial charge in [0.05, 0.1) is 0 Å². The van der Waals surface area contributed by atoms with Gasteiger partial charge in [-0.25, -0.2) is 4.39 Å². The summed E-state index contributed by atoms with van der Waals surface area (Å²) in [5.74, 6) is -1.35. The molecular weight excluding hydrogens is 235 g/mol. The van der Waals surface area contributed by atoms with E-state index in [1.54, 1.807) is 12.1 Å². The number of azide groups is 1. The van der Waals surface area contributed by atoms with Gasteiger partial charge in [0.2, 0.25) is 5.91 Å². The standard InChI is InChI=1S/C12H13FN4O/c13-8-3-1-7(2-4-8)11-9(12(14)18)5-6-10(11)16-17-15/h1-4,9-11H,5-6H2,(H2,14,18)/t9-,10-,11+/m0/s1. The van der Waals surface area contributed by atoms with Crippen molar-refractivity contribution in [2.24, 2.45) is 16.8 Å². The molecular formula is C12H13FN4O. The maximum Gasteiger partial charge on any atom is 0.221 e.